The van der Waals surface area contributed by atoms with Crippen LogP contribution in [0.15, 0.2) is 42.5 Å². The van der Waals surface area contributed by atoms with Gasteiger partial charge in [0, 0.05) is 18.3 Å². The molecule has 0 aromatic heterocycles. The molecule has 0 aliphatic heterocycles. The van der Waals surface area contributed by atoms with Crippen molar-refractivity contribution in [1.29, 1.82) is 0 Å². The van der Waals surface area contributed by atoms with Gasteiger partial charge in [-0.2, -0.15) is 0 Å². The van der Waals surface area contributed by atoms with Gasteiger partial charge >= 0.3 is 0 Å². The topological polar surface area (TPSA) is 51.8 Å². The third kappa shape index (κ3) is 5.03. The number of hydrogen-bond donors (Lipinski definition) is 2. The fourth-order valence-corrected chi connectivity index (χ4v) is 2.37. The molecule has 6 heteroatoms. The van der Waals surface area contributed by atoms with Gasteiger partial charge in [-0.15, -0.1) is 0 Å². The van der Waals surface area contributed by atoms with Crippen molar-refractivity contribution in [3.05, 3.63) is 48.0 Å². The van der Waals surface area contributed by atoms with Crippen LogP contribution >= 0.6 is 12.2 Å². The molecule has 0 amide bonds. The zero-order valence-electron chi connectivity index (χ0n) is 14.1. The van der Waals surface area contributed by atoms with E-state index in [0.717, 1.165) is 17.0 Å². The summed E-state index contributed by atoms with van der Waals surface area (Å²) in [6.07, 6.45) is 0. The first-order chi connectivity index (χ1) is 11.7. The van der Waals surface area contributed by atoms with Gasteiger partial charge in [0.1, 0.15) is 5.75 Å². The second-order valence-corrected chi connectivity index (χ2v) is 5.37. The Kier molecular flexibility index (Phi) is 6.69. The summed E-state index contributed by atoms with van der Waals surface area (Å²) in [5.41, 5.74) is 1.92. The maximum absolute atomic E-state index is 5.49. The van der Waals surface area contributed by atoms with E-state index in [2.05, 4.69) is 10.6 Å². The van der Waals surface area contributed by atoms with Crippen LogP contribution in [-0.4, -0.2) is 25.9 Å². The van der Waals surface area contributed by atoms with Gasteiger partial charge in [-0.3, -0.25) is 0 Å². The summed E-state index contributed by atoms with van der Waals surface area (Å²) in [4.78, 5) is 0. The Labute approximate surface area is 147 Å². The van der Waals surface area contributed by atoms with Crippen molar-refractivity contribution in [3.8, 4) is 17.2 Å². The van der Waals surface area contributed by atoms with Gasteiger partial charge in [0.15, 0.2) is 16.6 Å². The average molecular weight is 346 g/mol. The third-order valence-electron chi connectivity index (χ3n) is 3.30. The largest absolute Gasteiger partial charge is 0.494 e. The van der Waals surface area contributed by atoms with Crippen molar-refractivity contribution in [1.82, 2.24) is 5.32 Å². The molecular weight excluding hydrogens is 324 g/mol. The SMILES string of the molecule is CCOc1cccc(CNC(=S)Nc2ccc(OC)c(OC)c2)c1. The fourth-order valence-electron chi connectivity index (χ4n) is 2.18. The lowest BCUT2D eigenvalue weighted by molar-refractivity contribution is 0.340. The van der Waals surface area contributed by atoms with Gasteiger partial charge in [0.05, 0.1) is 20.8 Å². The van der Waals surface area contributed by atoms with Crippen molar-refractivity contribution in [3.63, 3.8) is 0 Å². The number of ether oxygens (including phenoxy) is 3. The minimum absolute atomic E-state index is 0.532. The first kappa shape index (κ1) is 17.9. The van der Waals surface area contributed by atoms with Crippen LogP contribution < -0.4 is 24.8 Å². The molecular formula is C18H22N2O3S. The van der Waals surface area contributed by atoms with Gasteiger partial charge in [-0.1, -0.05) is 12.1 Å². The number of hydrogen-bond acceptors (Lipinski definition) is 4. The summed E-state index contributed by atoms with van der Waals surface area (Å²) in [7, 11) is 3.21. The summed E-state index contributed by atoms with van der Waals surface area (Å²) in [5, 5.41) is 6.84. The van der Waals surface area contributed by atoms with E-state index in [9.17, 15) is 0 Å². The predicted octanol–water partition coefficient (Wildman–Crippen LogP) is 3.59. The number of methoxy groups -OCH3 is 2. The van der Waals surface area contributed by atoms with E-state index >= 15 is 0 Å². The zero-order chi connectivity index (χ0) is 17.4. The van der Waals surface area contributed by atoms with Crippen LogP contribution in [0.1, 0.15) is 12.5 Å². The molecule has 24 heavy (non-hydrogen) atoms. The van der Waals surface area contributed by atoms with Crippen LogP contribution in [0.3, 0.4) is 0 Å². The highest BCUT2D eigenvalue weighted by molar-refractivity contribution is 7.80. The van der Waals surface area contributed by atoms with Crippen molar-refractivity contribution in [2.24, 2.45) is 0 Å². The molecule has 0 aliphatic rings. The van der Waals surface area contributed by atoms with Crippen LogP contribution in [0.2, 0.25) is 0 Å². The van der Waals surface area contributed by atoms with Gasteiger partial charge in [-0.05, 0) is 49.0 Å². The Hall–Kier alpha value is -2.47. The highest BCUT2D eigenvalue weighted by atomic mass is 32.1. The van der Waals surface area contributed by atoms with Crippen molar-refractivity contribution in [2.45, 2.75) is 13.5 Å². The molecule has 0 saturated carbocycles. The normalized spacial score (nSPS) is 9.96. The van der Waals surface area contributed by atoms with E-state index in [1.165, 1.54) is 0 Å². The highest BCUT2D eigenvalue weighted by Crippen LogP contribution is 2.29. The minimum Gasteiger partial charge on any atom is -0.494 e. The monoisotopic (exact) mass is 346 g/mol. The summed E-state index contributed by atoms with van der Waals surface area (Å²) in [6, 6.07) is 13.5. The Morgan fingerprint density at radius 1 is 1.04 bits per heavy atom. The van der Waals surface area contributed by atoms with E-state index in [1.807, 2.05) is 49.4 Å². The lowest BCUT2D eigenvalue weighted by Gasteiger charge is -2.13. The number of anilines is 1. The minimum atomic E-state index is 0.532. The molecule has 0 unspecified atom stereocenters. The molecule has 0 spiro atoms. The number of thiocarbonyl (C=S) groups is 1. The fraction of sp³-hybridized carbons (Fsp3) is 0.278. The molecule has 2 N–H and O–H groups in total. The summed E-state index contributed by atoms with van der Waals surface area (Å²) < 4.78 is 16.0. The molecule has 0 bridgehead atoms. The number of nitrogens with one attached hydrogen (secondary N) is 2. The lowest BCUT2D eigenvalue weighted by atomic mass is 10.2. The van der Waals surface area contributed by atoms with Crippen LogP contribution in [0.5, 0.6) is 17.2 Å². The summed E-state index contributed by atoms with van der Waals surface area (Å²) >= 11 is 5.33. The second-order valence-electron chi connectivity index (χ2n) is 4.96. The van der Waals surface area contributed by atoms with E-state index in [0.29, 0.717) is 29.8 Å². The Morgan fingerprint density at radius 2 is 1.83 bits per heavy atom. The van der Waals surface area contributed by atoms with E-state index < -0.39 is 0 Å². The predicted molar refractivity (Wildman–Crippen MR) is 100 cm³/mol. The number of benzene rings is 2. The molecule has 0 saturated heterocycles. The molecule has 0 atom stereocenters. The van der Waals surface area contributed by atoms with Gasteiger partial charge in [0.25, 0.3) is 0 Å². The smallest absolute Gasteiger partial charge is 0.171 e. The highest BCUT2D eigenvalue weighted by Gasteiger charge is 2.06. The second kappa shape index (κ2) is 8.98. The van der Waals surface area contributed by atoms with Crippen molar-refractivity contribution >= 4 is 23.0 Å². The van der Waals surface area contributed by atoms with Crippen LogP contribution in [0.25, 0.3) is 0 Å². The Bertz CT molecular complexity index is 692. The molecule has 2 aromatic carbocycles. The van der Waals surface area contributed by atoms with E-state index in [4.69, 9.17) is 26.4 Å². The lowest BCUT2D eigenvalue weighted by Crippen LogP contribution is -2.27. The standard InChI is InChI=1S/C18H22N2O3S/c1-4-23-15-7-5-6-13(10-15)12-19-18(24)20-14-8-9-16(21-2)17(11-14)22-3/h5-11H,4,12H2,1-3H3,(H2,19,20,24). The average Bonchev–Trinajstić information content (AvgIpc) is 2.60. The van der Waals surface area contributed by atoms with Gasteiger partial charge in [-0.25, -0.2) is 0 Å². The quantitative estimate of drug-likeness (QED) is 0.747. The van der Waals surface area contributed by atoms with Crippen molar-refractivity contribution < 1.29 is 14.2 Å². The van der Waals surface area contributed by atoms with E-state index in [1.54, 1.807) is 14.2 Å². The maximum atomic E-state index is 5.49. The van der Waals surface area contributed by atoms with Gasteiger partial charge in [0.2, 0.25) is 0 Å². The summed E-state index contributed by atoms with van der Waals surface area (Å²) in [6.45, 7) is 3.23. The Balaban J connectivity index is 1.92. The van der Waals surface area contributed by atoms with Crippen LogP contribution in [0, 0.1) is 0 Å². The van der Waals surface area contributed by atoms with Crippen LogP contribution in [0.4, 0.5) is 5.69 Å². The van der Waals surface area contributed by atoms with Gasteiger partial charge < -0.3 is 24.8 Å². The first-order valence-corrected chi connectivity index (χ1v) is 8.05. The molecule has 0 radical (unpaired) electrons. The van der Waals surface area contributed by atoms with Crippen LogP contribution in [-0.2, 0) is 6.54 Å². The number of rotatable bonds is 7. The molecule has 2 rings (SSSR count). The third-order valence-corrected chi connectivity index (χ3v) is 3.55. The molecule has 0 heterocycles. The molecule has 0 fully saturated rings. The molecule has 5 nitrogen and oxygen atoms in total. The zero-order valence-corrected chi connectivity index (χ0v) is 14.9. The van der Waals surface area contributed by atoms with E-state index in [-0.39, 0.29) is 0 Å². The van der Waals surface area contributed by atoms with Crippen molar-refractivity contribution in [2.75, 3.05) is 26.1 Å². The molecule has 2 aromatic rings. The summed E-state index contributed by atoms with van der Waals surface area (Å²) in [5.74, 6) is 2.18. The first-order valence-electron chi connectivity index (χ1n) is 7.65. The molecule has 128 valence electrons. The Morgan fingerprint density at radius 3 is 2.54 bits per heavy atom. The maximum Gasteiger partial charge on any atom is 0.171 e. The molecule has 0 aliphatic carbocycles.